The number of anilines is 4. The van der Waals surface area contributed by atoms with Gasteiger partial charge in [0.05, 0.1) is 17.8 Å². The molecule has 0 N–H and O–H groups in total. The Hall–Kier alpha value is -7.98. The maximum atomic E-state index is 9.89. The number of rotatable bonds is 10. The van der Waals surface area contributed by atoms with E-state index < -0.39 is 114 Å². The van der Waals surface area contributed by atoms with Gasteiger partial charge in [0.2, 0.25) is 0 Å². The summed E-state index contributed by atoms with van der Waals surface area (Å²) >= 11 is 0. The molecular formula is C67H53N4OPt-3. The van der Waals surface area contributed by atoms with Gasteiger partial charge in [0.25, 0.3) is 0 Å². The first-order valence-corrected chi connectivity index (χ1v) is 23.2. The molecule has 0 bridgehead atoms. The molecule has 0 fully saturated rings. The number of hydrogen-bond donors (Lipinski definition) is 0. The largest absolute Gasteiger partial charge is 0.509 e. The Morgan fingerprint density at radius 3 is 1.96 bits per heavy atom. The predicted octanol–water partition coefficient (Wildman–Crippen LogP) is 17.6. The zero-order valence-electron chi connectivity index (χ0n) is 58.1. The summed E-state index contributed by atoms with van der Waals surface area (Å²) in [5.74, 6) is -1.13. The molecule has 2 aromatic heterocycles. The number of fused-ring (bicyclic) bond motifs is 4. The third-order valence-corrected chi connectivity index (χ3v) is 13.0. The molecule has 360 valence electrons. The molecule has 73 heavy (non-hydrogen) atoms. The van der Waals surface area contributed by atoms with Gasteiger partial charge in [0, 0.05) is 80.6 Å². The van der Waals surface area contributed by atoms with E-state index in [0.717, 1.165) is 16.7 Å². The van der Waals surface area contributed by atoms with Gasteiger partial charge in [-0.15, -0.1) is 48.0 Å². The fourth-order valence-electron chi connectivity index (χ4n) is 9.17. The van der Waals surface area contributed by atoms with Crippen molar-refractivity contribution in [2.45, 2.75) is 45.4 Å². The van der Waals surface area contributed by atoms with Gasteiger partial charge in [-0.05, 0) is 84.1 Å². The second-order valence-electron chi connectivity index (χ2n) is 18.8. The van der Waals surface area contributed by atoms with Gasteiger partial charge in [-0.2, -0.15) is 12.1 Å². The second kappa shape index (κ2) is 19.2. The second-order valence-corrected chi connectivity index (χ2v) is 18.8. The zero-order valence-corrected chi connectivity index (χ0v) is 42.3. The maximum absolute atomic E-state index is 9.89. The SMILES string of the molecule is [2H]c1nc(-n2c3[c-]c(Oc4[c-]c(N5[CH-]N(c6c(-c7cccc(C(C)(C)C)c7)cccc6-c6c([2H])c([2H])c([2H])c([2H])c6[2H])c6ccccc65)c([2H])c([2H])c4[2H])c([2H])c([2H])c3c3cc(-c4c([2H])c([2H])c([2H])c([2H])c4[2H])ccc32)c([2H])c(C(C)(C)c2ccccc2)c1[2H].[Pt]. The van der Waals surface area contributed by atoms with Gasteiger partial charge >= 0.3 is 0 Å². The van der Waals surface area contributed by atoms with Gasteiger partial charge < -0.3 is 19.1 Å². The van der Waals surface area contributed by atoms with Crippen molar-refractivity contribution in [2.24, 2.45) is 0 Å². The Morgan fingerprint density at radius 1 is 0.534 bits per heavy atom. The quantitative estimate of drug-likeness (QED) is 0.128. The summed E-state index contributed by atoms with van der Waals surface area (Å²) in [6, 6.07) is 31.5. The van der Waals surface area contributed by atoms with Crippen LogP contribution >= 0.6 is 0 Å². The van der Waals surface area contributed by atoms with Crippen LogP contribution in [0.15, 0.2) is 224 Å². The molecule has 11 aromatic rings. The van der Waals surface area contributed by atoms with Gasteiger partial charge in [-0.25, -0.2) is 4.98 Å². The summed E-state index contributed by atoms with van der Waals surface area (Å²) in [6.45, 7) is 11.5. The van der Waals surface area contributed by atoms with E-state index in [1.165, 1.54) is 22.8 Å². The number of aromatic nitrogens is 2. The molecule has 0 unspecified atom stereocenters. The standard InChI is InChI=1S/C67H53N4O.Pt/c1-66(2,3)51-27-17-24-49(40-51)57-31-19-30-56(47-22-11-7-12-23-47)65(57)70-45-69(61-32-15-16-33-62(61)70)53-28-18-29-54(43-53)72-55-35-36-58-59-41-48(46-20-9-6-10-21-46)34-37-60(59)71(63(58)44-55)64-42-52(38-39-68-64)67(4,5)50-25-13-8-14-26-50;/h6-42,45H,1-5H3;/q-3;/i6D,7D,9D,10D,11D,12D,18D,20D,21D,22D,23D,28D,29D,35D,36D,38D,39D,42D;. The smallest absolute Gasteiger partial charge is 0.135 e. The van der Waals surface area contributed by atoms with Crippen LogP contribution < -0.4 is 14.5 Å². The van der Waals surface area contributed by atoms with Crippen LogP contribution in [0.5, 0.6) is 11.5 Å². The summed E-state index contributed by atoms with van der Waals surface area (Å²) in [5, 5.41) is 0.202. The number of ether oxygens (including phenoxy) is 1. The van der Waals surface area contributed by atoms with E-state index in [9.17, 15) is 12.3 Å². The third kappa shape index (κ3) is 8.83. The summed E-state index contributed by atoms with van der Waals surface area (Å²) in [4.78, 5) is 7.84. The molecule has 12 rings (SSSR count). The Bertz CT molecular complexity index is 4820. The van der Waals surface area contributed by atoms with Crippen LogP contribution in [-0.4, -0.2) is 9.55 Å². The number of hydrogen-bond acceptors (Lipinski definition) is 4. The van der Waals surface area contributed by atoms with Crippen LogP contribution in [-0.2, 0) is 31.9 Å². The van der Waals surface area contributed by atoms with E-state index in [4.69, 9.17) is 17.1 Å². The van der Waals surface area contributed by atoms with E-state index >= 15 is 0 Å². The Labute approximate surface area is 468 Å². The fraction of sp³-hybridized carbons (Fsp3) is 0.104. The Kier molecular flexibility index (Phi) is 8.11. The molecule has 0 spiro atoms. The summed E-state index contributed by atoms with van der Waals surface area (Å²) < 4.78 is 170. The molecular weight excluding hydrogens is 1070 g/mol. The average Bonchev–Trinajstić information content (AvgIpc) is 1.62. The van der Waals surface area contributed by atoms with Crippen LogP contribution in [0.4, 0.5) is 22.7 Å². The van der Waals surface area contributed by atoms with Crippen molar-refractivity contribution in [3.05, 3.63) is 260 Å². The topological polar surface area (TPSA) is 33.5 Å². The van der Waals surface area contributed by atoms with E-state index in [1.54, 1.807) is 52.9 Å². The van der Waals surface area contributed by atoms with Crippen LogP contribution in [0.1, 0.15) is 76.0 Å². The van der Waals surface area contributed by atoms with Crippen molar-refractivity contribution in [3.63, 3.8) is 0 Å². The minimum Gasteiger partial charge on any atom is -0.509 e. The van der Waals surface area contributed by atoms with Crippen molar-refractivity contribution in [3.8, 4) is 50.7 Å². The summed E-state index contributed by atoms with van der Waals surface area (Å²) in [5.41, 5.74) is 3.50. The van der Waals surface area contributed by atoms with Crippen molar-refractivity contribution >= 4 is 44.6 Å². The molecule has 0 aliphatic carbocycles. The van der Waals surface area contributed by atoms with Crippen LogP contribution in [0, 0.1) is 18.8 Å². The van der Waals surface area contributed by atoms with Crippen molar-refractivity contribution in [1.29, 1.82) is 0 Å². The van der Waals surface area contributed by atoms with E-state index in [2.05, 4.69) is 37.9 Å². The number of nitrogens with zero attached hydrogens (tertiary/aromatic N) is 4. The predicted molar refractivity (Wildman–Crippen MR) is 298 cm³/mol. The van der Waals surface area contributed by atoms with Gasteiger partial charge in [-0.1, -0.05) is 198 Å². The maximum Gasteiger partial charge on any atom is 0.135 e. The molecule has 5 nitrogen and oxygen atoms in total. The molecule has 1 aliphatic rings. The minimum atomic E-state index is -1.06. The summed E-state index contributed by atoms with van der Waals surface area (Å²) in [7, 11) is 0. The fourth-order valence-corrected chi connectivity index (χ4v) is 9.17. The number of para-hydroxylation sites is 3. The third-order valence-electron chi connectivity index (χ3n) is 13.0. The van der Waals surface area contributed by atoms with E-state index in [-0.39, 0.29) is 99.7 Å². The van der Waals surface area contributed by atoms with Gasteiger partial charge in [0.1, 0.15) is 5.82 Å². The van der Waals surface area contributed by atoms with Gasteiger partial charge in [0.15, 0.2) is 0 Å². The van der Waals surface area contributed by atoms with Crippen molar-refractivity contribution in [2.75, 3.05) is 9.80 Å². The first-order chi connectivity index (χ1) is 42.6. The van der Waals surface area contributed by atoms with Crippen LogP contribution in [0.2, 0.25) is 0 Å². The van der Waals surface area contributed by atoms with Crippen molar-refractivity contribution in [1.82, 2.24) is 9.55 Å². The first-order valence-electron chi connectivity index (χ1n) is 32.2. The van der Waals surface area contributed by atoms with E-state index in [1.807, 2.05) is 74.5 Å². The van der Waals surface area contributed by atoms with E-state index in [0.29, 0.717) is 22.6 Å². The Morgan fingerprint density at radius 2 is 1.21 bits per heavy atom. The molecule has 9 aromatic carbocycles. The van der Waals surface area contributed by atoms with Gasteiger partial charge in [-0.3, -0.25) is 0 Å². The monoisotopic (exact) mass is 1140 g/mol. The average molecular weight is 1140 g/mol. The molecule has 0 saturated carbocycles. The minimum absolute atomic E-state index is 0. The molecule has 0 saturated heterocycles. The van der Waals surface area contributed by atoms with Crippen LogP contribution in [0.25, 0.3) is 61.0 Å². The summed E-state index contributed by atoms with van der Waals surface area (Å²) in [6.07, 6.45) is -0.493. The zero-order chi connectivity index (χ0) is 64.6. The first kappa shape index (κ1) is 30.8. The molecule has 3 heterocycles. The van der Waals surface area contributed by atoms with Crippen LogP contribution in [0.3, 0.4) is 0 Å². The van der Waals surface area contributed by atoms with Crippen molar-refractivity contribution < 1.29 is 50.5 Å². The molecule has 1 aliphatic heterocycles. The molecule has 0 amide bonds. The molecule has 0 atom stereocenters. The normalized spacial score (nSPS) is 16.0. The Balaban J connectivity index is 0.00000850. The number of benzene rings is 9. The molecule has 0 radical (unpaired) electrons. The molecule has 6 heteroatoms. The number of pyridine rings is 1.